The van der Waals surface area contributed by atoms with E-state index in [1.54, 1.807) is 6.07 Å². The summed E-state index contributed by atoms with van der Waals surface area (Å²) in [5, 5.41) is 19.5. The van der Waals surface area contributed by atoms with Crippen LogP contribution >= 0.6 is 0 Å². The van der Waals surface area contributed by atoms with E-state index >= 15 is 0 Å². The Hall–Kier alpha value is -1.51. The number of para-hydroxylation sites is 1. The Morgan fingerprint density at radius 2 is 1.60 bits per heavy atom. The van der Waals surface area contributed by atoms with E-state index in [9.17, 15) is 15.0 Å². The second-order valence-electron chi connectivity index (χ2n) is 7.01. The monoisotopic (exact) mass is 272 g/mol. The molecule has 4 fully saturated rings. The molecule has 0 radical (unpaired) electrons. The summed E-state index contributed by atoms with van der Waals surface area (Å²) in [7, 11) is 0. The van der Waals surface area contributed by atoms with Gasteiger partial charge in [0, 0.05) is 0 Å². The predicted octanol–water partition coefficient (Wildman–Crippen LogP) is 3.63. The second-order valence-corrected chi connectivity index (χ2v) is 7.01. The molecule has 0 spiro atoms. The van der Waals surface area contributed by atoms with Crippen LogP contribution in [0.25, 0.3) is 0 Å². The van der Waals surface area contributed by atoms with Crippen molar-refractivity contribution in [1.82, 2.24) is 0 Å². The average molecular weight is 272 g/mol. The fourth-order valence-corrected chi connectivity index (χ4v) is 5.44. The molecule has 0 amide bonds. The van der Waals surface area contributed by atoms with E-state index in [2.05, 4.69) is 0 Å². The van der Waals surface area contributed by atoms with Crippen molar-refractivity contribution in [2.45, 2.75) is 38.0 Å². The number of carboxylic acid groups (broad SMARTS) is 1. The Balaban J connectivity index is 1.75. The smallest absolute Gasteiger partial charge is 0.339 e. The second kappa shape index (κ2) is 4.24. The molecule has 20 heavy (non-hydrogen) atoms. The molecule has 3 heteroatoms. The minimum absolute atomic E-state index is 0.0115. The summed E-state index contributed by atoms with van der Waals surface area (Å²) in [6.07, 6.45) is 6.49. The average Bonchev–Trinajstić information content (AvgIpc) is 2.39. The molecule has 106 valence electrons. The third-order valence-electron chi connectivity index (χ3n) is 5.88. The molecule has 1 aromatic rings. The quantitative estimate of drug-likeness (QED) is 0.864. The highest BCUT2D eigenvalue weighted by atomic mass is 16.4. The molecule has 4 aliphatic carbocycles. The predicted molar refractivity (Wildman–Crippen MR) is 74.9 cm³/mol. The number of hydrogen-bond donors (Lipinski definition) is 2. The minimum atomic E-state index is -1.03. The van der Waals surface area contributed by atoms with Gasteiger partial charge in [-0.3, -0.25) is 0 Å². The van der Waals surface area contributed by atoms with E-state index in [0.717, 1.165) is 17.4 Å². The van der Waals surface area contributed by atoms with Crippen LogP contribution in [0, 0.1) is 23.7 Å². The third-order valence-corrected chi connectivity index (χ3v) is 5.88. The molecule has 0 saturated heterocycles. The Morgan fingerprint density at radius 3 is 2.15 bits per heavy atom. The van der Waals surface area contributed by atoms with Crippen LogP contribution in [0.5, 0.6) is 5.75 Å². The van der Waals surface area contributed by atoms with Crippen molar-refractivity contribution in [3.63, 3.8) is 0 Å². The van der Waals surface area contributed by atoms with Crippen molar-refractivity contribution in [2.24, 2.45) is 23.7 Å². The van der Waals surface area contributed by atoms with Crippen LogP contribution in [0.4, 0.5) is 0 Å². The lowest BCUT2D eigenvalue weighted by Gasteiger charge is -2.54. The van der Waals surface area contributed by atoms with Crippen LogP contribution in [0.3, 0.4) is 0 Å². The van der Waals surface area contributed by atoms with Gasteiger partial charge in [0.25, 0.3) is 0 Å². The molecular formula is C17H20O3. The van der Waals surface area contributed by atoms with Crippen molar-refractivity contribution in [3.8, 4) is 5.75 Å². The first-order chi connectivity index (χ1) is 9.63. The van der Waals surface area contributed by atoms with Crippen molar-refractivity contribution < 1.29 is 15.0 Å². The third kappa shape index (κ3) is 1.68. The Morgan fingerprint density at radius 1 is 1.00 bits per heavy atom. The van der Waals surface area contributed by atoms with E-state index in [1.165, 1.54) is 38.2 Å². The summed E-state index contributed by atoms with van der Waals surface area (Å²) in [6.45, 7) is 0. The fraction of sp³-hybridized carbons (Fsp3) is 0.588. The van der Waals surface area contributed by atoms with Crippen LogP contribution in [0.2, 0.25) is 0 Å². The maximum Gasteiger partial charge on any atom is 0.339 e. The van der Waals surface area contributed by atoms with Crippen molar-refractivity contribution >= 4 is 5.97 Å². The molecule has 3 nitrogen and oxygen atoms in total. The van der Waals surface area contributed by atoms with E-state index < -0.39 is 5.97 Å². The van der Waals surface area contributed by atoms with Gasteiger partial charge in [0.05, 0.1) is 0 Å². The van der Waals surface area contributed by atoms with Crippen LogP contribution in [0.15, 0.2) is 18.2 Å². The molecule has 0 aliphatic heterocycles. The Labute approximate surface area is 118 Å². The first-order valence-corrected chi connectivity index (χ1v) is 7.68. The van der Waals surface area contributed by atoms with Crippen molar-refractivity contribution in [2.75, 3.05) is 0 Å². The summed E-state index contributed by atoms with van der Waals surface area (Å²) in [5.41, 5.74) is 0.940. The molecule has 0 unspecified atom stereocenters. The van der Waals surface area contributed by atoms with Gasteiger partial charge >= 0.3 is 5.97 Å². The summed E-state index contributed by atoms with van der Waals surface area (Å²) in [6, 6.07) is 5.22. The zero-order chi connectivity index (χ0) is 13.9. The van der Waals surface area contributed by atoms with Gasteiger partial charge < -0.3 is 10.2 Å². The number of carbonyl (C=O) groups is 1. The zero-order valence-corrected chi connectivity index (χ0v) is 11.5. The molecule has 0 aromatic heterocycles. The summed E-state index contributed by atoms with van der Waals surface area (Å²) in [4.78, 5) is 11.2. The van der Waals surface area contributed by atoms with Crippen LogP contribution in [-0.2, 0) is 0 Å². The highest BCUT2D eigenvalue weighted by Crippen LogP contribution is 2.60. The van der Waals surface area contributed by atoms with Crippen LogP contribution in [-0.4, -0.2) is 16.2 Å². The van der Waals surface area contributed by atoms with E-state index in [0.29, 0.717) is 17.8 Å². The Bertz CT molecular complexity index is 535. The molecule has 0 atom stereocenters. The number of aromatic hydroxyl groups is 1. The normalized spacial score (nSPS) is 38.1. The first kappa shape index (κ1) is 12.2. The molecule has 4 bridgehead atoms. The number of aromatic carboxylic acids is 1. The lowest BCUT2D eigenvalue weighted by Crippen LogP contribution is -2.43. The van der Waals surface area contributed by atoms with E-state index in [1.807, 2.05) is 6.07 Å². The van der Waals surface area contributed by atoms with Gasteiger partial charge in [-0.2, -0.15) is 0 Å². The van der Waals surface area contributed by atoms with Gasteiger partial charge in [-0.25, -0.2) is 4.79 Å². The summed E-state index contributed by atoms with van der Waals surface area (Å²) in [5.74, 6) is 2.44. The molecule has 0 heterocycles. The number of hydrogen-bond acceptors (Lipinski definition) is 2. The van der Waals surface area contributed by atoms with Gasteiger partial charge in [0.2, 0.25) is 0 Å². The summed E-state index contributed by atoms with van der Waals surface area (Å²) < 4.78 is 0. The maximum absolute atomic E-state index is 11.2. The van der Waals surface area contributed by atoms with Gasteiger partial charge in [0.15, 0.2) is 0 Å². The van der Waals surface area contributed by atoms with E-state index in [4.69, 9.17) is 0 Å². The largest absolute Gasteiger partial charge is 0.507 e. The van der Waals surface area contributed by atoms with Crippen molar-refractivity contribution in [1.29, 1.82) is 0 Å². The highest BCUT2D eigenvalue weighted by molar-refractivity contribution is 5.91. The Kier molecular flexibility index (Phi) is 2.60. The van der Waals surface area contributed by atoms with E-state index in [-0.39, 0.29) is 11.3 Å². The molecule has 4 aliphatic rings. The molecule has 1 aromatic carbocycles. The molecule has 5 rings (SSSR count). The first-order valence-electron chi connectivity index (χ1n) is 7.68. The zero-order valence-electron chi connectivity index (χ0n) is 11.5. The lowest BCUT2D eigenvalue weighted by molar-refractivity contribution is -0.00353. The SMILES string of the molecule is O=C(O)c1cccc(C2C3CC4CC(C3)CC2C4)c1O. The van der Waals surface area contributed by atoms with Gasteiger partial charge in [-0.1, -0.05) is 12.1 Å². The number of benzene rings is 1. The van der Waals surface area contributed by atoms with Crippen LogP contribution in [0.1, 0.15) is 53.9 Å². The molecule has 4 saturated carbocycles. The molecule has 2 N–H and O–H groups in total. The number of rotatable bonds is 2. The number of carboxylic acids is 1. The minimum Gasteiger partial charge on any atom is -0.507 e. The molecular weight excluding hydrogens is 252 g/mol. The lowest BCUT2D eigenvalue weighted by atomic mass is 9.50. The van der Waals surface area contributed by atoms with Gasteiger partial charge in [-0.05, 0) is 73.3 Å². The standard InChI is InChI=1S/C17H20O3/c18-16-13(2-1-3-14(16)17(19)20)15-11-5-9-4-10(7-11)8-12(15)6-9/h1-3,9-12,15,18H,4-8H2,(H,19,20). The number of phenols is 1. The maximum atomic E-state index is 11.2. The van der Waals surface area contributed by atoms with Crippen LogP contribution < -0.4 is 0 Å². The van der Waals surface area contributed by atoms with Gasteiger partial charge in [0.1, 0.15) is 11.3 Å². The van der Waals surface area contributed by atoms with Gasteiger partial charge in [-0.15, -0.1) is 0 Å². The topological polar surface area (TPSA) is 57.5 Å². The highest BCUT2D eigenvalue weighted by Gasteiger charge is 2.49. The fourth-order valence-electron chi connectivity index (χ4n) is 5.44. The summed E-state index contributed by atoms with van der Waals surface area (Å²) >= 11 is 0. The van der Waals surface area contributed by atoms with Crippen molar-refractivity contribution in [3.05, 3.63) is 29.3 Å².